The van der Waals surface area contributed by atoms with Crippen molar-refractivity contribution >= 4 is 23.8 Å². The highest BCUT2D eigenvalue weighted by molar-refractivity contribution is 6.30. The molecule has 0 aliphatic heterocycles. The summed E-state index contributed by atoms with van der Waals surface area (Å²) < 4.78 is 0. The highest BCUT2D eigenvalue weighted by atomic mass is 35.5. The summed E-state index contributed by atoms with van der Waals surface area (Å²) in [4.78, 5) is 0. The lowest BCUT2D eigenvalue weighted by Crippen LogP contribution is -1.80. The molecule has 2 aromatic rings. The Balaban J connectivity index is 2.24. The van der Waals surface area contributed by atoms with E-state index in [9.17, 15) is 0 Å². The summed E-state index contributed by atoms with van der Waals surface area (Å²) in [5.41, 5.74) is 8.04. The minimum Gasteiger partial charge on any atom is -0.120 e. The van der Waals surface area contributed by atoms with Crippen LogP contribution in [0.5, 0.6) is 0 Å². The Morgan fingerprint density at radius 1 is 0.944 bits per heavy atom. The molecule has 0 aliphatic carbocycles. The Hall–Kier alpha value is -1.75. The van der Waals surface area contributed by atoms with Crippen molar-refractivity contribution in [1.82, 2.24) is 0 Å². The fraction of sp³-hybridized carbons (Fsp3) is 0.118. The fourth-order valence-electron chi connectivity index (χ4n) is 1.70. The van der Waals surface area contributed by atoms with Gasteiger partial charge in [-0.05, 0) is 54.8 Å². The molecule has 0 N–H and O–H groups in total. The zero-order chi connectivity index (χ0) is 13.0. The Kier molecular flexibility index (Phi) is 4.04. The number of benzene rings is 2. The number of hydrogen-bond acceptors (Lipinski definition) is 0. The van der Waals surface area contributed by atoms with Crippen LogP contribution >= 0.6 is 11.6 Å². The summed E-state index contributed by atoms with van der Waals surface area (Å²) in [6.07, 6.45) is 3.97. The summed E-state index contributed by atoms with van der Waals surface area (Å²) in [5, 5.41) is 0.755. The van der Waals surface area contributed by atoms with Crippen molar-refractivity contribution < 1.29 is 0 Å². The maximum absolute atomic E-state index is 5.84. The predicted molar refractivity (Wildman–Crippen MR) is 79.8 cm³/mol. The monoisotopic (exact) mass is 254 g/mol. The topological polar surface area (TPSA) is 0 Å². The van der Waals surface area contributed by atoms with Gasteiger partial charge in [0.05, 0.1) is 0 Å². The van der Waals surface area contributed by atoms with Crippen molar-refractivity contribution in [2.75, 3.05) is 0 Å². The van der Waals surface area contributed by atoms with Crippen LogP contribution in [0.2, 0.25) is 5.02 Å². The van der Waals surface area contributed by atoms with E-state index in [0.717, 1.165) is 10.6 Å². The maximum atomic E-state index is 5.84. The molecular formula is C17H15Cl. The molecule has 90 valence electrons. The third-order valence-electron chi connectivity index (χ3n) is 2.79. The molecule has 0 unspecified atom stereocenters. The first-order valence-corrected chi connectivity index (χ1v) is 6.28. The zero-order valence-electron chi connectivity index (χ0n) is 10.6. The van der Waals surface area contributed by atoms with Crippen molar-refractivity contribution in [1.29, 1.82) is 0 Å². The Morgan fingerprint density at radius 2 is 1.67 bits per heavy atom. The van der Waals surface area contributed by atoms with Crippen LogP contribution in [0.4, 0.5) is 0 Å². The third kappa shape index (κ3) is 3.37. The van der Waals surface area contributed by atoms with Crippen LogP contribution in [0.15, 0.2) is 48.2 Å². The average molecular weight is 255 g/mol. The smallest absolute Gasteiger partial charge is 0.0406 e. The van der Waals surface area contributed by atoms with Gasteiger partial charge < -0.3 is 0 Å². The van der Waals surface area contributed by atoms with Gasteiger partial charge in [0.25, 0.3) is 0 Å². The molecule has 0 amide bonds. The van der Waals surface area contributed by atoms with Crippen LogP contribution in [0.3, 0.4) is 0 Å². The maximum Gasteiger partial charge on any atom is 0.0406 e. The van der Waals surface area contributed by atoms with Gasteiger partial charge in [-0.15, -0.1) is 5.73 Å². The van der Waals surface area contributed by atoms with Crippen molar-refractivity contribution in [3.63, 3.8) is 0 Å². The van der Waals surface area contributed by atoms with E-state index in [4.69, 9.17) is 11.6 Å². The van der Waals surface area contributed by atoms with Gasteiger partial charge in [-0.3, -0.25) is 0 Å². The Morgan fingerprint density at radius 3 is 2.39 bits per heavy atom. The molecule has 2 aromatic carbocycles. The largest absolute Gasteiger partial charge is 0.120 e. The van der Waals surface area contributed by atoms with Crippen LogP contribution in [0.1, 0.15) is 22.3 Å². The first kappa shape index (κ1) is 12.7. The summed E-state index contributed by atoms with van der Waals surface area (Å²) in [6, 6.07) is 14.1. The molecule has 0 heterocycles. The number of halogens is 1. The molecule has 1 heteroatoms. The van der Waals surface area contributed by atoms with Crippen molar-refractivity contribution in [3.8, 4) is 0 Å². The molecule has 0 atom stereocenters. The normalized spacial score (nSPS) is 9.72. The van der Waals surface area contributed by atoms with Crippen molar-refractivity contribution in [2.45, 2.75) is 13.8 Å². The molecule has 0 radical (unpaired) electrons. The number of rotatable bonds is 2. The Labute approximate surface area is 113 Å². The minimum absolute atomic E-state index is 0.755. The van der Waals surface area contributed by atoms with Gasteiger partial charge in [0.2, 0.25) is 0 Å². The molecule has 0 saturated carbocycles. The Bertz CT molecular complexity index is 600. The summed E-state index contributed by atoms with van der Waals surface area (Å²) in [5.74, 6) is 0. The third-order valence-corrected chi connectivity index (χ3v) is 3.05. The van der Waals surface area contributed by atoms with E-state index >= 15 is 0 Å². The standard InChI is InChI=1S/C17H15Cl/c1-13-6-7-14(2)16(12-13)5-3-4-15-8-10-17(18)11-9-15/h4-12H,1-2H3. The van der Waals surface area contributed by atoms with Crippen molar-refractivity contribution in [3.05, 3.63) is 75.5 Å². The molecule has 0 aromatic heterocycles. The lowest BCUT2D eigenvalue weighted by atomic mass is 10.1. The van der Waals surface area contributed by atoms with Crippen LogP contribution < -0.4 is 0 Å². The molecule has 0 spiro atoms. The van der Waals surface area contributed by atoms with Gasteiger partial charge >= 0.3 is 0 Å². The molecular weight excluding hydrogens is 240 g/mol. The molecule has 0 saturated heterocycles. The summed E-state index contributed by atoms with van der Waals surface area (Å²) in [6.45, 7) is 4.20. The average Bonchev–Trinajstić information content (AvgIpc) is 2.36. The van der Waals surface area contributed by atoms with E-state index in [2.05, 4.69) is 37.8 Å². The molecule has 0 fully saturated rings. The van der Waals surface area contributed by atoms with Crippen LogP contribution in [0, 0.1) is 13.8 Å². The van der Waals surface area contributed by atoms with Crippen LogP contribution in [0.25, 0.3) is 12.2 Å². The second-order valence-corrected chi connectivity index (χ2v) is 4.80. The summed E-state index contributed by atoms with van der Waals surface area (Å²) >= 11 is 5.84. The first-order valence-electron chi connectivity index (χ1n) is 5.90. The van der Waals surface area contributed by atoms with Gasteiger partial charge in [-0.1, -0.05) is 47.5 Å². The number of hydrogen-bond donors (Lipinski definition) is 0. The molecule has 18 heavy (non-hydrogen) atoms. The van der Waals surface area contributed by atoms with E-state index in [1.807, 2.05) is 36.4 Å². The highest BCUT2D eigenvalue weighted by Crippen LogP contribution is 2.13. The zero-order valence-corrected chi connectivity index (χ0v) is 11.3. The van der Waals surface area contributed by atoms with E-state index in [-0.39, 0.29) is 0 Å². The fourth-order valence-corrected chi connectivity index (χ4v) is 1.83. The lowest BCUT2D eigenvalue weighted by Gasteiger charge is -1.99. The molecule has 2 rings (SSSR count). The molecule has 0 aliphatic rings. The SMILES string of the molecule is Cc1ccc(C)c(C=C=Cc2ccc(Cl)cc2)c1. The number of aryl methyl sites for hydroxylation is 2. The summed E-state index contributed by atoms with van der Waals surface area (Å²) in [7, 11) is 0. The van der Waals surface area contributed by atoms with Gasteiger partial charge in [-0.2, -0.15) is 0 Å². The molecule has 0 nitrogen and oxygen atoms in total. The van der Waals surface area contributed by atoms with Crippen molar-refractivity contribution in [2.24, 2.45) is 0 Å². The van der Waals surface area contributed by atoms with E-state index in [0.29, 0.717) is 0 Å². The van der Waals surface area contributed by atoms with Gasteiger partial charge in [-0.25, -0.2) is 0 Å². The van der Waals surface area contributed by atoms with Gasteiger partial charge in [0.1, 0.15) is 0 Å². The minimum atomic E-state index is 0.755. The van der Waals surface area contributed by atoms with E-state index < -0.39 is 0 Å². The van der Waals surface area contributed by atoms with Crippen LogP contribution in [-0.2, 0) is 0 Å². The van der Waals surface area contributed by atoms with E-state index in [1.54, 1.807) is 0 Å². The second-order valence-electron chi connectivity index (χ2n) is 4.37. The van der Waals surface area contributed by atoms with Gasteiger partial charge in [0.15, 0.2) is 0 Å². The van der Waals surface area contributed by atoms with E-state index in [1.165, 1.54) is 16.7 Å². The predicted octanol–water partition coefficient (Wildman–Crippen LogP) is 5.28. The first-order chi connectivity index (χ1) is 8.65. The lowest BCUT2D eigenvalue weighted by molar-refractivity contribution is 1.38. The van der Waals surface area contributed by atoms with Gasteiger partial charge in [0, 0.05) is 5.02 Å². The quantitative estimate of drug-likeness (QED) is 0.640. The molecule has 0 bridgehead atoms. The van der Waals surface area contributed by atoms with Crippen LogP contribution in [-0.4, -0.2) is 0 Å². The highest BCUT2D eigenvalue weighted by Gasteiger charge is 1.93. The second kappa shape index (κ2) is 5.73.